The standard InChI is InChI=1S/C13H22OS2/c14-10-7-5-3-1-2-4-6-9-13-15-11-8-12-16-13/h9-10H,1-8,11-12H2. The molecule has 1 aliphatic rings. The molecule has 1 heterocycles. The molecule has 0 radical (unpaired) electrons. The lowest BCUT2D eigenvalue weighted by Crippen LogP contribution is -1.91. The molecule has 1 nitrogen and oxygen atoms in total. The Kier molecular flexibility index (Phi) is 9.10. The second-order valence-corrected chi connectivity index (χ2v) is 6.62. The molecule has 0 bridgehead atoms. The van der Waals surface area contributed by atoms with Gasteiger partial charge in [-0.05, 0) is 37.2 Å². The Morgan fingerprint density at radius 2 is 1.56 bits per heavy atom. The van der Waals surface area contributed by atoms with E-state index in [1.807, 2.05) is 23.5 Å². The molecule has 3 heteroatoms. The molecule has 0 N–H and O–H groups in total. The van der Waals surface area contributed by atoms with Gasteiger partial charge in [0.15, 0.2) is 0 Å². The second kappa shape index (κ2) is 10.3. The molecule has 0 aromatic rings. The van der Waals surface area contributed by atoms with E-state index in [0.717, 1.165) is 19.1 Å². The molecule has 92 valence electrons. The number of thioether (sulfide) groups is 2. The summed E-state index contributed by atoms with van der Waals surface area (Å²) < 4.78 is 1.55. The second-order valence-electron chi connectivity index (χ2n) is 4.09. The van der Waals surface area contributed by atoms with Crippen LogP contribution in [0.25, 0.3) is 0 Å². The number of allylic oxidation sites excluding steroid dienone is 1. The molecule has 0 aromatic heterocycles. The summed E-state index contributed by atoms with van der Waals surface area (Å²) in [7, 11) is 0. The Morgan fingerprint density at radius 1 is 0.938 bits per heavy atom. The number of hydrogen-bond donors (Lipinski definition) is 0. The highest BCUT2D eigenvalue weighted by molar-refractivity contribution is 8.22. The Morgan fingerprint density at radius 3 is 2.25 bits per heavy atom. The predicted molar refractivity (Wildman–Crippen MR) is 76.0 cm³/mol. The van der Waals surface area contributed by atoms with Gasteiger partial charge >= 0.3 is 0 Å². The van der Waals surface area contributed by atoms with E-state index in [9.17, 15) is 4.79 Å². The van der Waals surface area contributed by atoms with Gasteiger partial charge in [0, 0.05) is 10.7 Å². The van der Waals surface area contributed by atoms with E-state index in [2.05, 4.69) is 6.08 Å². The maximum absolute atomic E-state index is 10.1. The summed E-state index contributed by atoms with van der Waals surface area (Å²) in [5, 5.41) is 0. The number of hydrogen-bond acceptors (Lipinski definition) is 3. The van der Waals surface area contributed by atoms with Crippen molar-refractivity contribution in [1.82, 2.24) is 0 Å². The highest BCUT2D eigenvalue weighted by Crippen LogP contribution is 2.34. The molecule has 0 aliphatic carbocycles. The maximum Gasteiger partial charge on any atom is 0.119 e. The van der Waals surface area contributed by atoms with Crippen LogP contribution < -0.4 is 0 Å². The van der Waals surface area contributed by atoms with E-state index >= 15 is 0 Å². The Labute approximate surface area is 108 Å². The van der Waals surface area contributed by atoms with Crippen molar-refractivity contribution >= 4 is 29.8 Å². The van der Waals surface area contributed by atoms with Gasteiger partial charge in [0.2, 0.25) is 0 Å². The summed E-state index contributed by atoms with van der Waals surface area (Å²) in [6.45, 7) is 0. The summed E-state index contributed by atoms with van der Waals surface area (Å²) >= 11 is 4.05. The number of aldehydes is 1. The molecule has 0 amide bonds. The quantitative estimate of drug-likeness (QED) is 0.467. The molecule has 1 fully saturated rings. The number of carbonyl (C=O) groups is 1. The topological polar surface area (TPSA) is 17.1 Å². The van der Waals surface area contributed by atoms with Gasteiger partial charge in [-0.15, -0.1) is 23.5 Å². The molecule has 0 spiro atoms. The minimum absolute atomic E-state index is 0.747. The van der Waals surface area contributed by atoms with Crippen LogP contribution in [0.5, 0.6) is 0 Å². The zero-order valence-electron chi connectivity index (χ0n) is 9.95. The van der Waals surface area contributed by atoms with Crippen molar-refractivity contribution < 1.29 is 4.79 Å². The zero-order chi connectivity index (χ0) is 11.5. The highest BCUT2D eigenvalue weighted by atomic mass is 32.2. The summed E-state index contributed by atoms with van der Waals surface area (Å²) in [5.41, 5.74) is 0. The summed E-state index contributed by atoms with van der Waals surface area (Å²) in [6, 6.07) is 0. The molecule has 1 saturated heterocycles. The highest BCUT2D eigenvalue weighted by Gasteiger charge is 2.04. The van der Waals surface area contributed by atoms with E-state index in [4.69, 9.17) is 0 Å². The number of carbonyl (C=O) groups excluding carboxylic acids is 1. The lowest BCUT2D eigenvalue weighted by atomic mass is 10.1. The molecular formula is C13H22OS2. The van der Waals surface area contributed by atoms with Gasteiger partial charge < -0.3 is 4.79 Å². The van der Waals surface area contributed by atoms with Crippen molar-refractivity contribution in [3.05, 3.63) is 10.3 Å². The number of unbranched alkanes of at least 4 members (excludes halogenated alkanes) is 6. The van der Waals surface area contributed by atoms with Gasteiger partial charge in [-0.1, -0.05) is 25.3 Å². The third-order valence-electron chi connectivity index (χ3n) is 2.61. The van der Waals surface area contributed by atoms with Crippen molar-refractivity contribution in [1.29, 1.82) is 0 Å². The summed E-state index contributed by atoms with van der Waals surface area (Å²) in [4.78, 5) is 10.1. The predicted octanol–water partition coefficient (Wildman–Crippen LogP) is 4.63. The van der Waals surface area contributed by atoms with Crippen molar-refractivity contribution in [3.8, 4) is 0 Å². The molecule has 1 rings (SSSR count). The Balaban J connectivity index is 1.88. The third-order valence-corrected chi connectivity index (χ3v) is 5.21. The number of rotatable bonds is 8. The maximum atomic E-state index is 10.1. The van der Waals surface area contributed by atoms with Crippen LogP contribution >= 0.6 is 23.5 Å². The molecule has 0 atom stereocenters. The van der Waals surface area contributed by atoms with Crippen LogP contribution in [0.4, 0.5) is 0 Å². The first-order valence-corrected chi connectivity index (χ1v) is 8.30. The Bertz CT molecular complexity index is 206. The van der Waals surface area contributed by atoms with E-state index < -0.39 is 0 Å². The fourth-order valence-electron chi connectivity index (χ4n) is 1.69. The molecule has 1 aliphatic heterocycles. The SMILES string of the molecule is O=CCCCCCCCC=C1SCCCS1. The van der Waals surface area contributed by atoms with Crippen LogP contribution in [0.3, 0.4) is 0 Å². The zero-order valence-corrected chi connectivity index (χ0v) is 11.6. The van der Waals surface area contributed by atoms with Crippen LogP contribution in [0.15, 0.2) is 10.3 Å². The largest absolute Gasteiger partial charge is 0.303 e. The van der Waals surface area contributed by atoms with Gasteiger partial charge in [-0.2, -0.15) is 0 Å². The first-order valence-electron chi connectivity index (χ1n) is 6.33. The summed E-state index contributed by atoms with van der Waals surface area (Å²) in [6.07, 6.45) is 13.0. The lowest BCUT2D eigenvalue weighted by Gasteiger charge is -2.12. The average Bonchev–Trinajstić information content (AvgIpc) is 2.34. The molecular weight excluding hydrogens is 236 g/mol. The fraction of sp³-hybridized carbons (Fsp3) is 0.769. The third kappa shape index (κ3) is 7.39. The van der Waals surface area contributed by atoms with Crippen LogP contribution in [0.1, 0.15) is 51.4 Å². The van der Waals surface area contributed by atoms with Crippen LogP contribution in [-0.4, -0.2) is 17.8 Å². The van der Waals surface area contributed by atoms with Crippen molar-refractivity contribution in [2.24, 2.45) is 0 Å². The average molecular weight is 258 g/mol. The van der Waals surface area contributed by atoms with Crippen molar-refractivity contribution in [3.63, 3.8) is 0 Å². The van der Waals surface area contributed by atoms with Gasteiger partial charge in [0.25, 0.3) is 0 Å². The van der Waals surface area contributed by atoms with Crippen LogP contribution in [0.2, 0.25) is 0 Å². The Hall–Kier alpha value is 0.110. The van der Waals surface area contributed by atoms with Crippen LogP contribution in [0, 0.1) is 0 Å². The van der Waals surface area contributed by atoms with E-state index in [-0.39, 0.29) is 0 Å². The van der Waals surface area contributed by atoms with Crippen molar-refractivity contribution in [2.75, 3.05) is 11.5 Å². The van der Waals surface area contributed by atoms with E-state index in [1.54, 1.807) is 4.24 Å². The smallest absolute Gasteiger partial charge is 0.119 e. The minimum Gasteiger partial charge on any atom is -0.303 e. The van der Waals surface area contributed by atoms with Crippen LogP contribution in [-0.2, 0) is 4.79 Å². The molecule has 0 aromatic carbocycles. The molecule has 0 unspecified atom stereocenters. The first kappa shape index (κ1) is 14.2. The molecule has 16 heavy (non-hydrogen) atoms. The minimum atomic E-state index is 0.747. The first-order chi connectivity index (χ1) is 7.93. The van der Waals surface area contributed by atoms with Gasteiger partial charge in [-0.3, -0.25) is 0 Å². The van der Waals surface area contributed by atoms with E-state index in [1.165, 1.54) is 50.0 Å². The summed E-state index contributed by atoms with van der Waals surface area (Å²) in [5.74, 6) is 2.62. The normalized spacial score (nSPS) is 16.1. The molecule has 0 saturated carbocycles. The van der Waals surface area contributed by atoms with Gasteiger partial charge in [0.1, 0.15) is 6.29 Å². The van der Waals surface area contributed by atoms with E-state index in [0.29, 0.717) is 0 Å². The lowest BCUT2D eigenvalue weighted by molar-refractivity contribution is -0.107. The monoisotopic (exact) mass is 258 g/mol. The van der Waals surface area contributed by atoms with Gasteiger partial charge in [-0.25, -0.2) is 0 Å². The van der Waals surface area contributed by atoms with Crippen molar-refractivity contribution in [2.45, 2.75) is 51.4 Å². The fourth-order valence-corrected chi connectivity index (χ4v) is 4.15. The van der Waals surface area contributed by atoms with Gasteiger partial charge in [0.05, 0.1) is 0 Å².